The van der Waals surface area contributed by atoms with Gasteiger partial charge >= 0.3 is 5.97 Å². The molecule has 104 valence electrons. The number of nitrogens with two attached hydrogens (primary N) is 1. The Morgan fingerprint density at radius 2 is 2.11 bits per heavy atom. The fraction of sp³-hybridized carbons (Fsp3) is 0.833. The fourth-order valence-corrected chi connectivity index (χ4v) is 2.12. The maximum absolute atomic E-state index is 12.0. The van der Waals surface area contributed by atoms with Crippen LogP contribution < -0.4 is 11.1 Å². The fourth-order valence-electron chi connectivity index (χ4n) is 2.12. The third-order valence-electron chi connectivity index (χ3n) is 3.14. The van der Waals surface area contributed by atoms with E-state index in [2.05, 4.69) is 5.32 Å². The molecule has 0 aromatic carbocycles. The molecule has 4 N–H and O–H groups in total. The molecule has 0 aliphatic carbocycles. The first kappa shape index (κ1) is 14.9. The van der Waals surface area contributed by atoms with Gasteiger partial charge in [0, 0.05) is 6.54 Å². The molecule has 3 atom stereocenters. The lowest BCUT2D eigenvalue weighted by atomic mass is 9.95. The summed E-state index contributed by atoms with van der Waals surface area (Å²) >= 11 is 0. The van der Waals surface area contributed by atoms with Crippen molar-refractivity contribution in [3.8, 4) is 0 Å². The van der Waals surface area contributed by atoms with E-state index in [9.17, 15) is 9.59 Å². The molecule has 1 amide bonds. The van der Waals surface area contributed by atoms with Gasteiger partial charge in [-0.25, -0.2) is 0 Å². The van der Waals surface area contributed by atoms with Crippen LogP contribution in [-0.2, 0) is 14.3 Å². The molecule has 6 heteroatoms. The number of hydrogen-bond acceptors (Lipinski definition) is 4. The monoisotopic (exact) mass is 258 g/mol. The standard InChI is InChI=1S/C12H22N2O4/c1-7(2)3-8(4-13)11(15)14-10-6-18-5-9(10)12(16)17/h7-10H,3-6,13H2,1-2H3,(H,14,15)(H,16,17). The Balaban J connectivity index is 2.54. The summed E-state index contributed by atoms with van der Waals surface area (Å²) in [6.07, 6.45) is 0.702. The lowest BCUT2D eigenvalue weighted by Gasteiger charge is -2.21. The van der Waals surface area contributed by atoms with E-state index in [0.717, 1.165) is 0 Å². The Bertz CT molecular complexity index is 306. The normalized spacial score (nSPS) is 25.1. The van der Waals surface area contributed by atoms with Crippen LogP contribution in [-0.4, -0.2) is 42.8 Å². The van der Waals surface area contributed by atoms with Gasteiger partial charge in [0.15, 0.2) is 0 Å². The van der Waals surface area contributed by atoms with Gasteiger partial charge in [0.05, 0.1) is 25.2 Å². The summed E-state index contributed by atoms with van der Waals surface area (Å²) in [6, 6.07) is -0.448. The van der Waals surface area contributed by atoms with E-state index in [1.54, 1.807) is 0 Å². The van der Waals surface area contributed by atoms with E-state index in [4.69, 9.17) is 15.6 Å². The van der Waals surface area contributed by atoms with E-state index < -0.39 is 17.9 Å². The highest BCUT2D eigenvalue weighted by Crippen LogP contribution is 2.16. The number of carboxylic acids is 1. The van der Waals surface area contributed by atoms with Crippen LogP contribution in [0.1, 0.15) is 20.3 Å². The molecule has 18 heavy (non-hydrogen) atoms. The lowest BCUT2D eigenvalue weighted by Crippen LogP contribution is -2.46. The van der Waals surface area contributed by atoms with Crippen LogP contribution in [0.15, 0.2) is 0 Å². The van der Waals surface area contributed by atoms with Gasteiger partial charge in [-0.05, 0) is 12.3 Å². The second kappa shape index (κ2) is 6.70. The third-order valence-corrected chi connectivity index (χ3v) is 3.14. The van der Waals surface area contributed by atoms with E-state index in [0.29, 0.717) is 12.3 Å². The van der Waals surface area contributed by atoms with Crippen LogP contribution in [0.4, 0.5) is 0 Å². The average Bonchev–Trinajstić information content (AvgIpc) is 2.73. The van der Waals surface area contributed by atoms with Gasteiger partial charge in [0.2, 0.25) is 5.91 Å². The largest absolute Gasteiger partial charge is 0.481 e. The van der Waals surface area contributed by atoms with Crippen molar-refractivity contribution in [2.45, 2.75) is 26.3 Å². The van der Waals surface area contributed by atoms with Crippen molar-refractivity contribution in [2.75, 3.05) is 19.8 Å². The van der Waals surface area contributed by atoms with Crippen molar-refractivity contribution < 1.29 is 19.4 Å². The molecule has 0 saturated carbocycles. The zero-order valence-corrected chi connectivity index (χ0v) is 10.9. The van der Waals surface area contributed by atoms with Crippen LogP contribution >= 0.6 is 0 Å². The molecule has 1 saturated heterocycles. The van der Waals surface area contributed by atoms with Crippen molar-refractivity contribution >= 4 is 11.9 Å². The minimum atomic E-state index is -0.939. The Labute approximate surface area is 107 Å². The van der Waals surface area contributed by atoms with Crippen molar-refractivity contribution in [1.29, 1.82) is 0 Å². The predicted octanol–water partition coefficient (Wildman–Crippen LogP) is -0.177. The maximum Gasteiger partial charge on any atom is 0.311 e. The molecule has 1 rings (SSSR count). The van der Waals surface area contributed by atoms with Gasteiger partial charge in [0.25, 0.3) is 0 Å². The molecular formula is C12H22N2O4. The van der Waals surface area contributed by atoms with Gasteiger partial charge in [0.1, 0.15) is 5.92 Å². The van der Waals surface area contributed by atoms with Crippen LogP contribution in [0.3, 0.4) is 0 Å². The Hall–Kier alpha value is -1.14. The minimum Gasteiger partial charge on any atom is -0.481 e. The molecule has 0 radical (unpaired) electrons. The summed E-state index contributed by atoms with van der Waals surface area (Å²) in [6.45, 7) is 4.72. The molecular weight excluding hydrogens is 236 g/mol. The van der Waals surface area contributed by atoms with Crippen molar-refractivity contribution in [3.63, 3.8) is 0 Å². The summed E-state index contributed by atoms with van der Waals surface area (Å²) in [5.74, 6) is -1.66. The molecule has 1 aliphatic heterocycles. The van der Waals surface area contributed by atoms with Crippen LogP contribution in [0.2, 0.25) is 0 Å². The topological polar surface area (TPSA) is 102 Å². The molecule has 6 nitrogen and oxygen atoms in total. The molecule has 0 aromatic rings. The summed E-state index contributed by atoms with van der Waals surface area (Å²) in [4.78, 5) is 22.9. The number of carboxylic acid groups (broad SMARTS) is 1. The number of amides is 1. The number of ether oxygens (including phenoxy) is 1. The second-order valence-corrected chi connectivity index (χ2v) is 5.16. The third kappa shape index (κ3) is 3.96. The SMILES string of the molecule is CC(C)CC(CN)C(=O)NC1COCC1C(=O)O. The second-order valence-electron chi connectivity index (χ2n) is 5.16. The number of rotatable bonds is 6. The minimum absolute atomic E-state index is 0.151. The van der Waals surface area contributed by atoms with Crippen LogP contribution in [0.25, 0.3) is 0 Å². The summed E-state index contributed by atoms with van der Waals surface area (Å²) < 4.78 is 5.10. The highest BCUT2D eigenvalue weighted by molar-refractivity contribution is 5.80. The first-order valence-electron chi connectivity index (χ1n) is 6.26. The van der Waals surface area contributed by atoms with Gasteiger partial charge < -0.3 is 20.9 Å². The highest BCUT2D eigenvalue weighted by atomic mass is 16.5. The Morgan fingerprint density at radius 1 is 1.44 bits per heavy atom. The summed E-state index contributed by atoms with van der Waals surface area (Å²) in [5, 5.41) is 11.7. The first-order chi connectivity index (χ1) is 8.45. The Morgan fingerprint density at radius 3 is 2.61 bits per heavy atom. The number of aliphatic carboxylic acids is 1. The number of carbonyl (C=O) groups excluding carboxylic acids is 1. The molecule has 0 bridgehead atoms. The molecule has 0 aromatic heterocycles. The zero-order chi connectivity index (χ0) is 13.7. The summed E-state index contributed by atoms with van der Waals surface area (Å²) in [7, 11) is 0. The smallest absolute Gasteiger partial charge is 0.311 e. The van der Waals surface area contributed by atoms with Crippen molar-refractivity contribution in [1.82, 2.24) is 5.32 Å². The molecule has 1 aliphatic rings. The van der Waals surface area contributed by atoms with E-state index >= 15 is 0 Å². The maximum atomic E-state index is 12.0. The van der Waals surface area contributed by atoms with Gasteiger partial charge in [-0.1, -0.05) is 13.8 Å². The number of carbonyl (C=O) groups is 2. The molecule has 1 heterocycles. The van der Waals surface area contributed by atoms with Gasteiger partial charge in [-0.3, -0.25) is 9.59 Å². The van der Waals surface area contributed by atoms with Crippen LogP contribution in [0.5, 0.6) is 0 Å². The first-order valence-corrected chi connectivity index (χ1v) is 6.26. The van der Waals surface area contributed by atoms with E-state index in [-0.39, 0.29) is 31.6 Å². The van der Waals surface area contributed by atoms with Crippen LogP contribution in [0, 0.1) is 17.8 Å². The Kier molecular flexibility index (Phi) is 5.55. The highest BCUT2D eigenvalue weighted by Gasteiger charge is 2.36. The number of nitrogens with one attached hydrogen (secondary N) is 1. The molecule has 0 spiro atoms. The van der Waals surface area contributed by atoms with Crippen molar-refractivity contribution in [2.24, 2.45) is 23.5 Å². The number of hydrogen-bond donors (Lipinski definition) is 3. The van der Waals surface area contributed by atoms with E-state index in [1.807, 2.05) is 13.8 Å². The van der Waals surface area contributed by atoms with Gasteiger partial charge in [-0.15, -0.1) is 0 Å². The quantitative estimate of drug-likeness (QED) is 0.613. The molecule has 3 unspecified atom stereocenters. The average molecular weight is 258 g/mol. The predicted molar refractivity (Wildman–Crippen MR) is 65.9 cm³/mol. The van der Waals surface area contributed by atoms with E-state index in [1.165, 1.54) is 0 Å². The lowest BCUT2D eigenvalue weighted by molar-refractivity contribution is -0.142. The van der Waals surface area contributed by atoms with Crippen molar-refractivity contribution in [3.05, 3.63) is 0 Å². The summed E-state index contributed by atoms with van der Waals surface area (Å²) in [5.41, 5.74) is 5.58. The molecule has 1 fully saturated rings. The zero-order valence-electron chi connectivity index (χ0n) is 10.9. The van der Waals surface area contributed by atoms with Gasteiger partial charge in [-0.2, -0.15) is 0 Å².